The molecule has 9 nitrogen and oxygen atoms in total. The van der Waals surface area contributed by atoms with E-state index in [9.17, 15) is 9.59 Å². The maximum Gasteiger partial charge on any atom is 0.328 e. The summed E-state index contributed by atoms with van der Waals surface area (Å²) in [5.74, 6) is -0.318. The van der Waals surface area contributed by atoms with Gasteiger partial charge in [-0.3, -0.25) is 0 Å². The smallest absolute Gasteiger partial charge is 0.328 e. The van der Waals surface area contributed by atoms with Gasteiger partial charge >= 0.3 is 11.9 Å². The van der Waals surface area contributed by atoms with E-state index in [1.807, 2.05) is 24.3 Å². The van der Waals surface area contributed by atoms with E-state index in [0.29, 0.717) is 23.5 Å². The predicted molar refractivity (Wildman–Crippen MR) is 120 cm³/mol. The third-order valence-corrected chi connectivity index (χ3v) is 4.86. The predicted octanol–water partition coefficient (Wildman–Crippen LogP) is 2.90. The molecule has 1 atom stereocenters. The molecule has 1 heterocycles. The van der Waals surface area contributed by atoms with E-state index in [1.54, 1.807) is 26.4 Å². The molecular weight excluding hydrogens is 428 g/mol. The van der Waals surface area contributed by atoms with Gasteiger partial charge in [0.15, 0.2) is 11.5 Å². The molecule has 0 amide bonds. The van der Waals surface area contributed by atoms with Crippen LogP contribution in [0.1, 0.15) is 22.8 Å². The number of hydrogen-bond donors (Lipinski definition) is 2. The van der Waals surface area contributed by atoms with E-state index >= 15 is 0 Å². The lowest BCUT2D eigenvalue weighted by atomic mass is 10.00. The summed E-state index contributed by atoms with van der Waals surface area (Å²) in [6.45, 7) is 1.73. The molecule has 0 saturated heterocycles. The average Bonchev–Trinajstić information content (AvgIpc) is 2.95. The molecule has 1 aliphatic rings. The molecule has 1 aliphatic heterocycles. The lowest BCUT2D eigenvalue weighted by Gasteiger charge is -2.23. The lowest BCUT2D eigenvalue weighted by Crippen LogP contribution is -2.26. The molecule has 2 aromatic carbocycles. The van der Waals surface area contributed by atoms with Gasteiger partial charge in [-0.15, -0.1) is 0 Å². The molecule has 174 valence electrons. The SMILES string of the molecule is COc1cc2c(cc1OC)C(Oc1ccc(C#N)cc1)CN(C)CC2.O=C(O)/C=C\C(=O)O. The van der Waals surface area contributed by atoms with Crippen molar-refractivity contribution in [1.29, 1.82) is 5.26 Å². The Morgan fingerprint density at radius 2 is 1.64 bits per heavy atom. The van der Waals surface area contributed by atoms with Crippen LogP contribution in [0, 0.1) is 11.3 Å². The summed E-state index contributed by atoms with van der Waals surface area (Å²) in [6, 6.07) is 13.4. The first-order valence-corrected chi connectivity index (χ1v) is 10.0. The highest BCUT2D eigenvalue weighted by Crippen LogP contribution is 2.36. The van der Waals surface area contributed by atoms with Gasteiger partial charge < -0.3 is 29.3 Å². The standard InChI is InChI=1S/C20H22N2O3.C4H4O4/c1-22-9-8-15-10-18(23-2)19(24-3)11-17(15)20(13-22)25-16-6-4-14(12-21)5-7-16;5-3(6)1-2-4(7)8/h4-7,10-11,20H,8-9,13H2,1-3H3;1-2H,(H,5,6)(H,7,8)/b;2-1-. The van der Waals surface area contributed by atoms with Gasteiger partial charge in [0.2, 0.25) is 0 Å². The fourth-order valence-electron chi connectivity index (χ4n) is 3.25. The maximum atomic E-state index is 9.55. The van der Waals surface area contributed by atoms with Crippen LogP contribution in [0.25, 0.3) is 0 Å². The highest BCUT2D eigenvalue weighted by atomic mass is 16.5. The van der Waals surface area contributed by atoms with Gasteiger partial charge in [-0.25, -0.2) is 9.59 Å². The molecule has 0 bridgehead atoms. The number of carboxylic acids is 2. The monoisotopic (exact) mass is 454 g/mol. The molecule has 1 unspecified atom stereocenters. The number of hydrogen-bond acceptors (Lipinski definition) is 7. The molecule has 0 aliphatic carbocycles. The largest absolute Gasteiger partial charge is 0.493 e. The van der Waals surface area contributed by atoms with E-state index in [-0.39, 0.29) is 6.10 Å². The average molecular weight is 454 g/mol. The van der Waals surface area contributed by atoms with E-state index in [1.165, 1.54) is 5.56 Å². The third-order valence-electron chi connectivity index (χ3n) is 4.86. The molecular formula is C24H26N2O7. The summed E-state index contributed by atoms with van der Waals surface area (Å²) in [5, 5.41) is 24.6. The van der Waals surface area contributed by atoms with Crippen LogP contribution in [0.3, 0.4) is 0 Å². The van der Waals surface area contributed by atoms with Gasteiger partial charge in [-0.1, -0.05) is 0 Å². The molecule has 0 fully saturated rings. The van der Waals surface area contributed by atoms with Crippen LogP contribution >= 0.6 is 0 Å². The van der Waals surface area contributed by atoms with Crippen LogP contribution in [0.4, 0.5) is 0 Å². The second-order valence-electron chi connectivity index (χ2n) is 7.17. The van der Waals surface area contributed by atoms with Crippen LogP contribution in [0.5, 0.6) is 17.2 Å². The minimum Gasteiger partial charge on any atom is -0.493 e. The summed E-state index contributed by atoms with van der Waals surface area (Å²) in [6.07, 6.45) is 1.93. The van der Waals surface area contributed by atoms with Gasteiger partial charge in [0.25, 0.3) is 0 Å². The second-order valence-corrected chi connectivity index (χ2v) is 7.17. The van der Waals surface area contributed by atoms with Crippen molar-refractivity contribution in [2.75, 3.05) is 34.4 Å². The van der Waals surface area contributed by atoms with E-state index in [4.69, 9.17) is 29.7 Å². The Kier molecular flexibility index (Phi) is 9.27. The zero-order valence-electron chi connectivity index (χ0n) is 18.6. The molecule has 9 heteroatoms. The van der Waals surface area contributed by atoms with Crippen LogP contribution < -0.4 is 14.2 Å². The van der Waals surface area contributed by atoms with Crippen molar-refractivity contribution in [2.45, 2.75) is 12.5 Å². The van der Waals surface area contributed by atoms with Crippen molar-refractivity contribution >= 4 is 11.9 Å². The van der Waals surface area contributed by atoms with Gasteiger partial charge in [-0.05, 0) is 55.4 Å². The van der Waals surface area contributed by atoms with Crippen molar-refractivity contribution in [3.05, 3.63) is 65.2 Å². The number of ether oxygens (including phenoxy) is 3. The molecule has 2 N–H and O–H groups in total. The topological polar surface area (TPSA) is 129 Å². The minimum absolute atomic E-state index is 0.116. The molecule has 33 heavy (non-hydrogen) atoms. The van der Waals surface area contributed by atoms with Crippen molar-refractivity contribution in [3.8, 4) is 23.3 Å². The number of likely N-dealkylation sites (N-methyl/N-ethyl adjacent to an activating group) is 1. The number of carboxylic acid groups (broad SMARTS) is 2. The normalized spacial score (nSPS) is 15.3. The fraction of sp³-hybridized carbons (Fsp3) is 0.292. The number of fused-ring (bicyclic) bond motifs is 1. The first-order chi connectivity index (χ1) is 15.8. The van der Waals surface area contributed by atoms with E-state index in [2.05, 4.69) is 18.0 Å². The van der Waals surface area contributed by atoms with E-state index in [0.717, 1.165) is 36.6 Å². The zero-order valence-corrected chi connectivity index (χ0v) is 18.6. The second kappa shape index (κ2) is 12.1. The molecule has 0 radical (unpaired) electrons. The number of benzene rings is 2. The zero-order chi connectivity index (χ0) is 24.4. The molecule has 0 aromatic heterocycles. The summed E-state index contributed by atoms with van der Waals surface area (Å²) in [7, 11) is 5.39. The van der Waals surface area contributed by atoms with Crippen LogP contribution in [-0.2, 0) is 16.0 Å². The Morgan fingerprint density at radius 3 is 2.15 bits per heavy atom. The Labute approximate surface area is 192 Å². The van der Waals surface area contributed by atoms with Gasteiger partial charge in [0.1, 0.15) is 11.9 Å². The fourth-order valence-corrected chi connectivity index (χ4v) is 3.25. The Balaban J connectivity index is 0.000000414. The highest BCUT2D eigenvalue weighted by molar-refractivity contribution is 5.89. The quantitative estimate of drug-likeness (QED) is 0.633. The number of nitriles is 1. The van der Waals surface area contributed by atoms with Gasteiger partial charge in [0, 0.05) is 30.8 Å². The first kappa shape index (κ1) is 25.2. The number of nitrogens with zero attached hydrogens (tertiary/aromatic N) is 2. The number of carbonyl (C=O) groups is 2. The van der Waals surface area contributed by atoms with E-state index < -0.39 is 11.9 Å². The Bertz CT molecular complexity index is 1030. The lowest BCUT2D eigenvalue weighted by molar-refractivity contribution is -0.134. The number of rotatable bonds is 6. The molecule has 2 aromatic rings. The van der Waals surface area contributed by atoms with Crippen LogP contribution in [-0.4, -0.2) is 61.4 Å². The van der Waals surface area contributed by atoms with Crippen molar-refractivity contribution in [3.63, 3.8) is 0 Å². The maximum absolute atomic E-state index is 9.55. The molecule has 3 rings (SSSR count). The van der Waals surface area contributed by atoms with Crippen molar-refractivity contribution in [2.24, 2.45) is 0 Å². The third kappa shape index (κ3) is 7.55. The Hall–Kier alpha value is -4.03. The summed E-state index contributed by atoms with van der Waals surface area (Å²) in [5.41, 5.74) is 2.95. The first-order valence-electron chi connectivity index (χ1n) is 10.0. The van der Waals surface area contributed by atoms with Gasteiger partial charge in [-0.2, -0.15) is 5.26 Å². The number of aliphatic carboxylic acids is 2. The van der Waals surface area contributed by atoms with Gasteiger partial charge in [0.05, 0.1) is 25.9 Å². The number of methoxy groups -OCH3 is 2. The molecule has 0 saturated carbocycles. The molecule has 0 spiro atoms. The summed E-state index contributed by atoms with van der Waals surface area (Å²) >= 11 is 0. The van der Waals surface area contributed by atoms with Crippen molar-refractivity contribution in [1.82, 2.24) is 4.90 Å². The van der Waals surface area contributed by atoms with Crippen molar-refractivity contribution < 1.29 is 34.0 Å². The summed E-state index contributed by atoms with van der Waals surface area (Å²) in [4.78, 5) is 21.4. The minimum atomic E-state index is -1.26. The highest BCUT2D eigenvalue weighted by Gasteiger charge is 2.25. The Morgan fingerprint density at radius 1 is 1.06 bits per heavy atom. The van der Waals surface area contributed by atoms with Crippen LogP contribution in [0.2, 0.25) is 0 Å². The summed E-state index contributed by atoms with van der Waals surface area (Å²) < 4.78 is 17.2. The van der Waals surface area contributed by atoms with Crippen LogP contribution in [0.15, 0.2) is 48.6 Å².